The van der Waals surface area contributed by atoms with Gasteiger partial charge in [0.2, 0.25) is 0 Å². The Kier molecular flexibility index (Phi) is 27.4. The van der Waals surface area contributed by atoms with Gasteiger partial charge in [0.1, 0.15) is 0 Å². The smallest absolute Gasteiger partial charge is 0.0139 e. The van der Waals surface area contributed by atoms with E-state index in [9.17, 15) is 0 Å². The van der Waals surface area contributed by atoms with Crippen molar-refractivity contribution in [3.8, 4) is 0 Å². The maximum absolute atomic E-state index is 3.94. The van der Waals surface area contributed by atoms with Gasteiger partial charge in [-0.3, -0.25) is 14.1 Å². The molecule has 0 aliphatic carbocycles. The van der Waals surface area contributed by atoms with Gasteiger partial charge in [-0.05, 0) is 38.5 Å². The lowest BCUT2D eigenvalue weighted by molar-refractivity contribution is 0.209. The largest absolute Gasteiger partial charge is 0.269 e. The van der Waals surface area contributed by atoms with E-state index in [0.29, 0.717) is 0 Å². The Morgan fingerprint density at radius 2 is 0.556 bits per heavy atom. The van der Waals surface area contributed by atoms with Crippen LogP contribution in [-0.2, 0) is 0 Å². The van der Waals surface area contributed by atoms with Gasteiger partial charge in [0.15, 0.2) is 0 Å². The fraction of sp³-hybridized carbons (Fsp3) is 1.00. The molecule has 0 atom stereocenters. The highest BCUT2D eigenvalue weighted by molar-refractivity contribution is 7.78. The second-order valence-corrected chi connectivity index (χ2v) is 7.04. The molecule has 0 bridgehead atoms. The first-order valence-electron chi connectivity index (χ1n) is 9.24. The fourth-order valence-corrected chi connectivity index (χ4v) is 3.58. The zero-order valence-corrected chi connectivity index (χ0v) is 18.7. The van der Waals surface area contributed by atoms with Crippen molar-refractivity contribution in [1.29, 1.82) is 0 Å². The molecule has 0 aromatic heterocycles. The Morgan fingerprint density at radius 1 is 0.370 bits per heavy atom. The zero-order chi connectivity index (χ0) is 17.5. The minimum Gasteiger partial charge on any atom is -0.269 e. The topological polar surface area (TPSA) is 45.8 Å². The molecule has 3 rings (SSSR count). The lowest BCUT2D eigenvalue weighted by Gasteiger charge is -2.23. The summed E-state index contributed by atoms with van der Waals surface area (Å²) < 4.78 is 0. The van der Waals surface area contributed by atoms with Crippen LogP contribution in [0.4, 0.5) is 14.1 Å². The summed E-state index contributed by atoms with van der Waals surface area (Å²) in [7, 11) is 0. The number of piperidine rings is 3. The molecule has 3 N–H and O–H groups in total. The molecule has 3 aliphatic rings. The minimum atomic E-state index is 0. The van der Waals surface area contributed by atoms with E-state index in [1.807, 2.05) is 0 Å². The second kappa shape index (κ2) is 22.9. The normalized spacial score (nSPS) is 21.0. The molecule has 0 aromatic rings. The molecule has 168 valence electrons. The predicted octanol–water partition coefficient (Wildman–Crippen LogP) is 2.92. The van der Waals surface area contributed by atoms with Crippen LogP contribution in [0.2, 0.25) is 0 Å². The highest BCUT2D eigenvalue weighted by atomic mass is 32.1. The number of hydrogen-bond donors (Lipinski definition) is 6. The zero-order valence-electron chi connectivity index (χ0n) is 16.0. The summed E-state index contributed by atoms with van der Waals surface area (Å²) in [5.41, 5.74) is 0. The van der Waals surface area contributed by atoms with Crippen LogP contribution in [-0.4, -0.2) is 54.3 Å². The predicted molar refractivity (Wildman–Crippen MR) is 120 cm³/mol. The van der Waals surface area contributed by atoms with Gasteiger partial charge in [-0.15, -0.1) is 0 Å². The third-order valence-corrected chi connectivity index (χ3v) is 5.34. The van der Waals surface area contributed by atoms with E-state index >= 15 is 0 Å². The van der Waals surface area contributed by atoms with Crippen molar-refractivity contribution in [2.45, 2.75) is 57.8 Å². The SMILES string of the molecule is F.F.F.SNN1CCCCC1.SNN1CCCCC1.SNN1CCCCC1. The Hall–Kier alpha value is 0.600. The van der Waals surface area contributed by atoms with E-state index in [1.54, 1.807) is 0 Å². The van der Waals surface area contributed by atoms with Crippen molar-refractivity contribution in [2.75, 3.05) is 39.3 Å². The molecule has 3 heterocycles. The van der Waals surface area contributed by atoms with Crippen LogP contribution in [0.5, 0.6) is 0 Å². The Labute approximate surface area is 179 Å². The van der Waals surface area contributed by atoms with Gasteiger partial charge >= 0.3 is 0 Å². The van der Waals surface area contributed by atoms with E-state index in [2.05, 4.69) is 68.0 Å². The van der Waals surface area contributed by atoms with E-state index < -0.39 is 0 Å². The van der Waals surface area contributed by atoms with E-state index in [4.69, 9.17) is 0 Å². The van der Waals surface area contributed by atoms with Crippen molar-refractivity contribution in [3.63, 3.8) is 0 Å². The highest BCUT2D eigenvalue weighted by Gasteiger charge is 2.07. The summed E-state index contributed by atoms with van der Waals surface area (Å²) in [5, 5.41) is 6.39. The summed E-state index contributed by atoms with van der Waals surface area (Å²) >= 11 is 11.8. The molecule has 6 nitrogen and oxygen atoms in total. The van der Waals surface area contributed by atoms with Crippen LogP contribution in [0.3, 0.4) is 0 Å². The van der Waals surface area contributed by atoms with Gasteiger partial charge in [-0.2, -0.15) is 0 Å². The summed E-state index contributed by atoms with van der Waals surface area (Å²) in [6.07, 6.45) is 12.0. The average molecular weight is 457 g/mol. The molecule has 12 heteroatoms. The number of nitrogens with zero attached hydrogens (tertiary/aromatic N) is 3. The van der Waals surface area contributed by atoms with Crippen molar-refractivity contribution in [3.05, 3.63) is 0 Å². The highest BCUT2D eigenvalue weighted by Crippen LogP contribution is 2.06. The van der Waals surface area contributed by atoms with Gasteiger partial charge in [-0.1, -0.05) is 57.7 Å². The molecule has 3 fully saturated rings. The molecular weight excluding hydrogens is 417 g/mol. The van der Waals surface area contributed by atoms with E-state index in [0.717, 1.165) is 39.3 Å². The number of nitrogens with one attached hydrogen (secondary N) is 3. The molecule has 0 radical (unpaired) electrons. The first-order chi connectivity index (χ1) is 11.8. The maximum Gasteiger partial charge on any atom is 0.0139 e. The Bertz CT molecular complexity index is 241. The Balaban J connectivity index is -0.000000303. The van der Waals surface area contributed by atoms with E-state index in [1.165, 1.54) is 57.8 Å². The van der Waals surface area contributed by atoms with Crippen LogP contribution >= 0.6 is 38.4 Å². The Morgan fingerprint density at radius 3 is 0.667 bits per heavy atom. The van der Waals surface area contributed by atoms with Gasteiger partial charge in [-0.25, -0.2) is 29.5 Å². The van der Waals surface area contributed by atoms with Crippen LogP contribution < -0.4 is 14.5 Å². The van der Waals surface area contributed by atoms with Crippen molar-refractivity contribution >= 4 is 38.4 Å². The third kappa shape index (κ3) is 17.2. The van der Waals surface area contributed by atoms with Gasteiger partial charge in [0.05, 0.1) is 0 Å². The number of halogens is 3. The minimum absolute atomic E-state index is 0. The lowest BCUT2D eigenvalue weighted by Crippen LogP contribution is -2.36. The van der Waals surface area contributed by atoms with Gasteiger partial charge < -0.3 is 0 Å². The third-order valence-electron chi connectivity index (χ3n) is 4.49. The second-order valence-electron chi connectivity index (χ2n) is 6.44. The van der Waals surface area contributed by atoms with Gasteiger partial charge in [0.25, 0.3) is 0 Å². The molecular formula is C15H39F3N6S3. The summed E-state index contributed by atoms with van der Waals surface area (Å²) in [6.45, 7) is 6.94. The van der Waals surface area contributed by atoms with Crippen molar-refractivity contribution < 1.29 is 14.1 Å². The molecule has 0 unspecified atom stereocenters. The molecule has 0 saturated carbocycles. The van der Waals surface area contributed by atoms with Crippen LogP contribution in [0, 0.1) is 0 Å². The number of rotatable bonds is 3. The van der Waals surface area contributed by atoms with Crippen molar-refractivity contribution in [1.82, 2.24) is 29.5 Å². The fourth-order valence-electron chi connectivity index (χ4n) is 2.98. The molecule has 0 aromatic carbocycles. The first kappa shape index (κ1) is 32.3. The standard InChI is InChI=1S/3C5H12N2S.3FH/c3*8-6-7-4-2-1-3-5-7;;;/h3*6,8H,1-5H2;3*1H. The van der Waals surface area contributed by atoms with Crippen molar-refractivity contribution in [2.24, 2.45) is 0 Å². The summed E-state index contributed by atoms with van der Waals surface area (Å²) in [5.74, 6) is 0. The first-order valence-corrected chi connectivity index (χ1v) is 10.6. The molecule has 0 amide bonds. The van der Waals surface area contributed by atoms with Gasteiger partial charge in [0, 0.05) is 39.3 Å². The monoisotopic (exact) mass is 456 g/mol. The lowest BCUT2D eigenvalue weighted by atomic mass is 10.2. The number of hydrazine groups is 3. The number of thiol groups is 3. The molecule has 3 saturated heterocycles. The van der Waals surface area contributed by atoms with Crippen LogP contribution in [0.15, 0.2) is 0 Å². The summed E-state index contributed by atoms with van der Waals surface area (Å²) in [6, 6.07) is 0. The molecule has 3 aliphatic heterocycles. The molecule has 27 heavy (non-hydrogen) atoms. The summed E-state index contributed by atoms with van der Waals surface area (Å²) in [4.78, 5) is 8.49. The van der Waals surface area contributed by atoms with Crippen LogP contribution in [0.25, 0.3) is 0 Å². The maximum atomic E-state index is 3.94. The molecule has 0 spiro atoms. The number of hydrogen-bond acceptors (Lipinski definition) is 9. The average Bonchev–Trinajstić information content (AvgIpc) is 2.71. The van der Waals surface area contributed by atoms with E-state index in [-0.39, 0.29) is 14.1 Å². The van der Waals surface area contributed by atoms with Crippen LogP contribution in [0.1, 0.15) is 57.8 Å². The quantitative estimate of drug-likeness (QED) is 0.367.